The zero-order valence-corrected chi connectivity index (χ0v) is 15.5. The number of hydrogen-bond acceptors (Lipinski definition) is 4. The van der Waals surface area contributed by atoms with Crippen LogP contribution in [0, 0.1) is 5.92 Å². The number of benzene rings is 1. The lowest BCUT2D eigenvalue weighted by Gasteiger charge is -2.33. The summed E-state index contributed by atoms with van der Waals surface area (Å²) >= 11 is 0. The summed E-state index contributed by atoms with van der Waals surface area (Å²) in [5.41, 5.74) is 1.34. The van der Waals surface area contributed by atoms with E-state index in [-0.39, 0.29) is 23.5 Å². The van der Waals surface area contributed by atoms with Gasteiger partial charge in [-0.05, 0) is 36.6 Å². The number of nitrogens with zero attached hydrogens (tertiary/aromatic N) is 2. The van der Waals surface area contributed by atoms with E-state index in [1.807, 2.05) is 0 Å². The summed E-state index contributed by atoms with van der Waals surface area (Å²) in [7, 11) is 1.72. The van der Waals surface area contributed by atoms with Gasteiger partial charge in [-0.25, -0.2) is 0 Å². The largest absolute Gasteiger partial charge is 0.472 e. The third kappa shape index (κ3) is 4.88. The predicted octanol–water partition coefficient (Wildman–Crippen LogP) is 3.39. The maximum absolute atomic E-state index is 12.7. The van der Waals surface area contributed by atoms with E-state index in [9.17, 15) is 18.4 Å². The highest BCUT2D eigenvalue weighted by Gasteiger charge is 2.29. The second-order valence-electron chi connectivity index (χ2n) is 6.80. The molecule has 1 saturated heterocycles. The first-order valence-corrected chi connectivity index (χ1v) is 9.04. The highest BCUT2D eigenvalue weighted by Crippen LogP contribution is 2.22. The lowest BCUT2D eigenvalue weighted by Crippen LogP contribution is -2.43. The number of amides is 2. The summed E-state index contributed by atoms with van der Waals surface area (Å²) in [5, 5.41) is 0. The minimum atomic E-state index is -2.86. The number of carbonyl (C=O) groups excluding carboxylic acids is 2. The van der Waals surface area contributed by atoms with Gasteiger partial charge in [-0.15, -0.1) is 0 Å². The van der Waals surface area contributed by atoms with E-state index in [0.29, 0.717) is 38.0 Å². The van der Waals surface area contributed by atoms with Crippen molar-refractivity contribution < 1.29 is 27.5 Å². The lowest BCUT2D eigenvalue weighted by molar-refractivity contribution is -0.136. The van der Waals surface area contributed by atoms with E-state index in [2.05, 4.69) is 4.74 Å². The number of hydrogen-bond donors (Lipinski definition) is 0. The third-order valence-electron chi connectivity index (χ3n) is 4.84. The zero-order valence-electron chi connectivity index (χ0n) is 15.5. The fourth-order valence-electron chi connectivity index (χ4n) is 3.34. The Morgan fingerprint density at radius 3 is 2.46 bits per heavy atom. The number of rotatable bonds is 6. The van der Waals surface area contributed by atoms with Crippen molar-refractivity contribution >= 4 is 11.8 Å². The molecule has 0 aliphatic carbocycles. The Morgan fingerprint density at radius 1 is 1.21 bits per heavy atom. The quantitative estimate of drug-likeness (QED) is 0.756. The summed E-state index contributed by atoms with van der Waals surface area (Å²) in [5.74, 6) is -0.121. The Kier molecular flexibility index (Phi) is 6.28. The smallest absolute Gasteiger partial charge is 0.387 e. The third-order valence-corrected chi connectivity index (χ3v) is 4.84. The Balaban J connectivity index is 1.49. The van der Waals surface area contributed by atoms with Crippen LogP contribution in [0.1, 0.15) is 28.8 Å². The monoisotopic (exact) mass is 392 g/mol. The molecule has 0 atom stereocenters. The maximum atomic E-state index is 12.7. The van der Waals surface area contributed by atoms with Gasteiger partial charge in [0, 0.05) is 32.6 Å². The van der Waals surface area contributed by atoms with E-state index in [0.717, 1.165) is 5.56 Å². The van der Waals surface area contributed by atoms with Crippen LogP contribution in [0.5, 0.6) is 5.75 Å². The van der Waals surface area contributed by atoms with Crippen LogP contribution in [0.4, 0.5) is 8.78 Å². The molecule has 150 valence electrons. The van der Waals surface area contributed by atoms with Gasteiger partial charge >= 0.3 is 6.61 Å². The molecule has 1 aromatic carbocycles. The van der Waals surface area contributed by atoms with Gasteiger partial charge in [0.1, 0.15) is 12.0 Å². The van der Waals surface area contributed by atoms with Crippen LogP contribution in [-0.2, 0) is 11.3 Å². The highest BCUT2D eigenvalue weighted by molar-refractivity contribution is 5.94. The molecule has 2 amide bonds. The van der Waals surface area contributed by atoms with Crippen molar-refractivity contribution in [3.05, 3.63) is 54.0 Å². The standard InChI is InChI=1S/C20H22F2N2O4/c1-23(12-14-2-4-17(5-3-14)28-20(21)22)18(25)15-6-9-24(10-7-15)19(26)16-8-11-27-13-16/h2-5,8,11,13,15,20H,6-7,9-10,12H2,1H3. The minimum Gasteiger partial charge on any atom is -0.472 e. The van der Waals surface area contributed by atoms with E-state index in [1.165, 1.54) is 24.7 Å². The predicted molar refractivity (Wildman–Crippen MR) is 96.9 cm³/mol. The molecule has 0 unspecified atom stereocenters. The molecule has 1 aliphatic heterocycles. The van der Waals surface area contributed by atoms with Crippen molar-refractivity contribution in [3.63, 3.8) is 0 Å². The average Bonchev–Trinajstić information content (AvgIpc) is 3.23. The number of halogens is 2. The van der Waals surface area contributed by atoms with Gasteiger partial charge in [0.25, 0.3) is 5.91 Å². The summed E-state index contributed by atoms with van der Waals surface area (Å²) in [4.78, 5) is 28.4. The Hall–Kier alpha value is -2.90. The van der Waals surface area contributed by atoms with Crippen LogP contribution >= 0.6 is 0 Å². The van der Waals surface area contributed by atoms with Crippen LogP contribution in [0.15, 0.2) is 47.3 Å². The number of alkyl halides is 2. The maximum Gasteiger partial charge on any atom is 0.387 e. The Morgan fingerprint density at radius 2 is 1.89 bits per heavy atom. The normalized spacial score (nSPS) is 14.9. The number of piperidine rings is 1. The Labute approximate surface area is 161 Å². The molecule has 6 nitrogen and oxygen atoms in total. The minimum absolute atomic E-state index is 0.0170. The summed E-state index contributed by atoms with van der Waals surface area (Å²) in [6.45, 7) is -1.44. The van der Waals surface area contributed by atoms with Crippen LogP contribution in [-0.4, -0.2) is 48.4 Å². The van der Waals surface area contributed by atoms with Crippen molar-refractivity contribution in [3.8, 4) is 5.75 Å². The van der Waals surface area contributed by atoms with Crippen LogP contribution in [0.25, 0.3) is 0 Å². The first-order chi connectivity index (χ1) is 13.4. The fourth-order valence-corrected chi connectivity index (χ4v) is 3.34. The first kappa shape index (κ1) is 19.9. The van der Waals surface area contributed by atoms with E-state index >= 15 is 0 Å². The van der Waals surface area contributed by atoms with Gasteiger partial charge in [0.2, 0.25) is 5.91 Å². The topological polar surface area (TPSA) is 63.0 Å². The molecule has 0 bridgehead atoms. The van der Waals surface area contributed by atoms with Crippen molar-refractivity contribution in [2.24, 2.45) is 5.92 Å². The van der Waals surface area contributed by atoms with Crippen LogP contribution in [0.2, 0.25) is 0 Å². The summed E-state index contributed by atoms with van der Waals surface area (Å²) < 4.78 is 33.7. The van der Waals surface area contributed by atoms with Gasteiger partial charge in [-0.3, -0.25) is 9.59 Å². The molecule has 2 heterocycles. The average molecular weight is 392 g/mol. The van der Waals surface area contributed by atoms with Gasteiger partial charge in [-0.2, -0.15) is 8.78 Å². The molecule has 1 aliphatic rings. The van der Waals surface area contributed by atoms with Crippen LogP contribution < -0.4 is 4.74 Å². The Bertz CT molecular complexity index is 785. The fraction of sp³-hybridized carbons (Fsp3) is 0.400. The molecule has 0 N–H and O–H groups in total. The molecule has 3 rings (SSSR count). The SMILES string of the molecule is CN(Cc1ccc(OC(F)F)cc1)C(=O)C1CCN(C(=O)c2ccoc2)CC1. The van der Waals surface area contributed by atoms with Gasteiger partial charge in [0.15, 0.2) is 0 Å². The van der Waals surface area contributed by atoms with Crippen LogP contribution in [0.3, 0.4) is 0 Å². The van der Waals surface area contributed by atoms with Gasteiger partial charge in [0.05, 0.1) is 11.8 Å². The molecular formula is C20H22F2N2O4. The molecule has 2 aromatic rings. The molecular weight excluding hydrogens is 370 g/mol. The number of likely N-dealkylation sites (tertiary alicyclic amines) is 1. The van der Waals surface area contributed by atoms with Gasteiger partial charge in [-0.1, -0.05) is 12.1 Å². The molecule has 0 saturated carbocycles. The van der Waals surface area contributed by atoms with Crippen molar-refractivity contribution in [1.82, 2.24) is 9.80 Å². The van der Waals surface area contributed by atoms with E-state index in [4.69, 9.17) is 4.42 Å². The van der Waals surface area contributed by atoms with Crippen molar-refractivity contribution in [2.45, 2.75) is 26.0 Å². The second-order valence-corrected chi connectivity index (χ2v) is 6.80. The van der Waals surface area contributed by atoms with Crippen molar-refractivity contribution in [1.29, 1.82) is 0 Å². The first-order valence-electron chi connectivity index (χ1n) is 9.04. The van der Waals surface area contributed by atoms with E-state index in [1.54, 1.807) is 35.0 Å². The molecule has 28 heavy (non-hydrogen) atoms. The molecule has 8 heteroatoms. The molecule has 0 spiro atoms. The second kappa shape index (κ2) is 8.86. The lowest BCUT2D eigenvalue weighted by atomic mass is 9.95. The van der Waals surface area contributed by atoms with Crippen molar-refractivity contribution in [2.75, 3.05) is 20.1 Å². The summed E-state index contributed by atoms with van der Waals surface area (Å²) in [6, 6.07) is 7.87. The molecule has 0 radical (unpaired) electrons. The number of carbonyl (C=O) groups is 2. The van der Waals surface area contributed by atoms with E-state index < -0.39 is 6.61 Å². The molecule has 1 aromatic heterocycles. The highest BCUT2D eigenvalue weighted by atomic mass is 19.3. The number of ether oxygens (including phenoxy) is 1. The number of furan rings is 1. The zero-order chi connectivity index (χ0) is 20.1. The van der Waals surface area contributed by atoms with Gasteiger partial charge < -0.3 is 19.0 Å². The summed E-state index contributed by atoms with van der Waals surface area (Å²) in [6.07, 6.45) is 4.09. The molecule has 1 fully saturated rings.